The molecule has 0 saturated carbocycles. The minimum Gasteiger partial charge on any atom is -0.466 e. The highest BCUT2D eigenvalue weighted by molar-refractivity contribution is 5.96. The molecular weight excluding hydrogens is 380 g/mol. The molecule has 0 aliphatic carbocycles. The number of amides is 2. The van der Waals surface area contributed by atoms with Crippen molar-refractivity contribution in [3.8, 4) is 0 Å². The van der Waals surface area contributed by atoms with Gasteiger partial charge in [0, 0.05) is 24.2 Å². The topological polar surface area (TPSA) is 155 Å². The van der Waals surface area contributed by atoms with Gasteiger partial charge in [0.2, 0.25) is 5.91 Å². The van der Waals surface area contributed by atoms with E-state index in [2.05, 4.69) is 10.3 Å². The molecule has 152 valence electrons. The number of hydrogen-bond acceptors (Lipinski definition) is 7. The number of carbonyl (C=O) groups is 3. The van der Waals surface area contributed by atoms with Crippen LogP contribution in [0.3, 0.4) is 0 Å². The van der Waals surface area contributed by atoms with Crippen LogP contribution in [0.5, 0.6) is 0 Å². The molecule has 29 heavy (non-hydrogen) atoms. The zero-order valence-corrected chi connectivity index (χ0v) is 15.6. The number of non-ortho nitro benzene ring substituents is 1. The van der Waals surface area contributed by atoms with Crippen LogP contribution in [-0.2, 0) is 14.3 Å². The number of benzene rings is 1. The molecule has 1 heterocycles. The van der Waals surface area contributed by atoms with E-state index in [-0.39, 0.29) is 24.4 Å². The molecule has 10 heteroatoms. The number of nitrogens with zero attached hydrogens (tertiary/aromatic N) is 2. The minimum absolute atomic E-state index is 0.0670. The van der Waals surface area contributed by atoms with E-state index in [1.165, 1.54) is 36.5 Å². The van der Waals surface area contributed by atoms with Crippen LogP contribution in [-0.4, -0.2) is 40.3 Å². The summed E-state index contributed by atoms with van der Waals surface area (Å²) < 4.78 is 4.95. The lowest BCUT2D eigenvalue weighted by molar-refractivity contribution is -0.384. The highest BCUT2D eigenvalue weighted by Gasteiger charge is 2.32. The van der Waals surface area contributed by atoms with Crippen molar-refractivity contribution in [3.63, 3.8) is 0 Å². The zero-order chi connectivity index (χ0) is 21.4. The van der Waals surface area contributed by atoms with Crippen LogP contribution in [0.15, 0.2) is 48.7 Å². The van der Waals surface area contributed by atoms with Crippen LogP contribution >= 0.6 is 0 Å². The van der Waals surface area contributed by atoms with Crippen molar-refractivity contribution < 1.29 is 24.0 Å². The van der Waals surface area contributed by atoms with Gasteiger partial charge in [-0.15, -0.1) is 0 Å². The fourth-order valence-electron chi connectivity index (χ4n) is 2.75. The summed E-state index contributed by atoms with van der Waals surface area (Å²) in [4.78, 5) is 50.9. The number of rotatable bonds is 9. The number of nitro groups is 1. The smallest absolute Gasteiger partial charge is 0.306 e. The second-order valence-electron chi connectivity index (χ2n) is 6.03. The summed E-state index contributed by atoms with van der Waals surface area (Å²) in [5.74, 6) is -3.01. The maximum Gasteiger partial charge on any atom is 0.306 e. The van der Waals surface area contributed by atoms with E-state index in [1.54, 1.807) is 19.1 Å². The number of nitro benzene ring substituents is 1. The number of nitrogens with two attached hydrogens (primary N) is 1. The van der Waals surface area contributed by atoms with Gasteiger partial charge in [-0.2, -0.15) is 0 Å². The Bertz CT molecular complexity index is 885. The molecule has 1 aromatic heterocycles. The number of ether oxygens (including phenoxy) is 1. The van der Waals surface area contributed by atoms with E-state index in [1.807, 2.05) is 0 Å². The molecule has 10 nitrogen and oxygen atoms in total. The Labute approximate surface area is 166 Å². The number of primary amides is 1. The van der Waals surface area contributed by atoms with E-state index in [4.69, 9.17) is 10.5 Å². The van der Waals surface area contributed by atoms with Crippen molar-refractivity contribution in [2.75, 3.05) is 6.61 Å². The van der Waals surface area contributed by atoms with E-state index >= 15 is 0 Å². The second-order valence-corrected chi connectivity index (χ2v) is 6.03. The third kappa shape index (κ3) is 5.83. The lowest BCUT2D eigenvalue weighted by atomic mass is 9.87. The van der Waals surface area contributed by atoms with E-state index < -0.39 is 34.7 Å². The molecule has 0 bridgehead atoms. The summed E-state index contributed by atoms with van der Waals surface area (Å²) in [6.45, 7) is 1.76. The molecule has 2 aromatic rings. The van der Waals surface area contributed by atoms with Crippen LogP contribution in [0.25, 0.3) is 0 Å². The van der Waals surface area contributed by atoms with E-state index in [9.17, 15) is 24.5 Å². The lowest BCUT2D eigenvalue weighted by Gasteiger charge is -2.25. The monoisotopic (exact) mass is 400 g/mol. The number of carbonyl (C=O) groups excluding carboxylic acids is 3. The molecule has 0 fully saturated rings. The molecule has 3 N–H and O–H groups in total. The van der Waals surface area contributed by atoms with Gasteiger partial charge in [0.15, 0.2) is 0 Å². The van der Waals surface area contributed by atoms with Crippen LogP contribution in [0.4, 0.5) is 5.69 Å². The number of aromatic nitrogens is 1. The Hall–Kier alpha value is -3.82. The largest absolute Gasteiger partial charge is 0.466 e. The lowest BCUT2D eigenvalue weighted by Crippen LogP contribution is -2.49. The highest BCUT2D eigenvalue weighted by atomic mass is 16.6. The van der Waals surface area contributed by atoms with Gasteiger partial charge in [-0.3, -0.25) is 29.5 Å². The predicted octanol–water partition coefficient (Wildman–Crippen LogP) is 1.31. The zero-order valence-electron chi connectivity index (χ0n) is 15.6. The van der Waals surface area contributed by atoms with Gasteiger partial charge >= 0.3 is 5.97 Å². The average Bonchev–Trinajstić information content (AvgIpc) is 2.71. The van der Waals surface area contributed by atoms with Gasteiger partial charge in [0.1, 0.15) is 11.7 Å². The van der Waals surface area contributed by atoms with Crippen molar-refractivity contribution in [2.45, 2.75) is 25.3 Å². The van der Waals surface area contributed by atoms with Crippen molar-refractivity contribution in [1.29, 1.82) is 0 Å². The molecule has 2 atom stereocenters. The Balaban J connectivity index is 2.36. The van der Waals surface area contributed by atoms with Gasteiger partial charge < -0.3 is 15.8 Å². The molecule has 2 rings (SSSR count). The quantitative estimate of drug-likeness (QED) is 0.365. The molecule has 0 aliphatic rings. The summed E-state index contributed by atoms with van der Waals surface area (Å²) in [6.07, 6.45) is 1.16. The van der Waals surface area contributed by atoms with Gasteiger partial charge in [0.25, 0.3) is 11.6 Å². The molecule has 2 amide bonds. The maximum absolute atomic E-state index is 12.5. The van der Waals surface area contributed by atoms with Gasteiger partial charge in [0.05, 0.1) is 18.0 Å². The fraction of sp³-hybridized carbons (Fsp3) is 0.263. The van der Waals surface area contributed by atoms with E-state index in [0.717, 1.165) is 0 Å². The summed E-state index contributed by atoms with van der Waals surface area (Å²) in [6, 6.07) is 8.72. The second kappa shape index (κ2) is 9.93. The average molecular weight is 400 g/mol. The molecule has 0 unspecified atom stereocenters. The summed E-state index contributed by atoms with van der Waals surface area (Å²) in [7, 11) is 0. The normalized spacial score (nSPS) is 12.4. The molecular formula is C19H20N4O6. The number of hydrogen-bond donors (Lipinski definition) is 2. The third-order valence-electron chi connectivity index (χ3n) is 4.12. The standard InChI is InChI=1S/C19H20N4O6/c1-2-29-16(24)11-14(12-6-8-13(9-7-12)23(27)28)17(18(20)25)22-19(26)15-5-3-4-10-21-15/h3-10,14,17H,2,11H2,1H3,(H2,20,25)(H,22,26)/t14-,17-/m0/s1. The first-order valence-electron chi connectivity index (χ1n) is 8.74. The van der Waals surface area contributed by atoms with Gasteiger partial charge in [-0.1, -0.05) is 18.2 Å². The summed E-state index contributed by atoms with van der Waals surface area (Å²) >= 11 is 0. The maximum atomic E-state index is 12.5. The Morgan fingerprint density at radius 3 is 2.41 bits per heavy atom. The van der Waals surface area contributed by atoms with Gasteiger partial charge in [-0.05, 0) is 24.6 Å². The number of pyridine rings is 1. The Morgan fingerprint density at radius 1 is 1.21 bits per heavy atom. The van der Waals surface area contributed by atoms with Crippen molar-refractivity contribution in [3.05, 3.63) is 70.0 Å². The molecule has 0 radical (unpaired) electrons. The Morgan fingerprint density at radius 2 is 1.90 bits per heavy atom. The first kappa shape index (κ1) is 21.5. The van der Waals surface area contributed by atoms with Crippen molar-refractivity contribution in [2.24, 2.45) is 5.73 Å². The Kier molecular flexibility index (Phi) is 7.35. The molecule has 0 aliphatic heterocycles. The summed E-state index contributed by atoms with van der Waals surface area (Å²) in [5, 5.41) is 13.4. The third-order valence-corrected chi connectivity index (χ3v) is 4.12. The SMILES string of the molecule is CCOC(=O)C[C@@H](c1ccc([N+](=O)[O-])cc1)[C@H](NC(=O)c1ccccn1)C(N)=O. The van der Waals surface area contributed by atoms with E-state index in [0.29, 0.717) is 5.56 Å². The van der Waals surface area contributed by atoms with Gasteiger partial charge in [-0.25, -0.2) is 0 Å². The first-order valence-corrected chi connectivity index (χ1v) is 8.74. The van der Waals surface area contributed by atoms with Crippen LogP contribution in [0, 0.1) is 10.1 Å². The summed E-state index contributed by atoms with van der Waals surface area (Å²) in [5.41, 5.74) is 5.82. The van der Waals surface area contributed by atoms with Crippen LogP contribution < -0.4 is 11.1 Å². The minimum atomic E-state index is -1.27. The van der Waals surface area contributed by atoms with Crippen molar-refractivity contribution >= 4 is 23.5 Å². The predicted molar refractivity (Wildman–Crippen MR) is 102 cm³/mol. The molecule has 0 spiro atoms. The first-order chi connectivity index (χ1) is 13.8. The number of esters is 1. The molecule has 1 aromatic carbocycles. The highest BCUT2D eigenvalue weighted by Crippen LogP contribution is 2.27. The fourth-order valence-corrected chi connectivity index (χ4v) is 2.75. The molecule has 0 saturated heterocycles. The van der Waals surface area contributed by atoms with Crippen LogP contribution in [0.2, 0.25) is 0 Å². The van der Waals surface area contributed by atoms with Crippen LogP contribution in [0.1, 0.15) is 35.3 Å². The number of nitrogens with one attached hydrogen (secondary N) is 1. The van der Waals surface area contributed by atoms with Crippen molar-refractivity contribution in [1.82, 2.24) is 10.3 Å².